The van der Waals surface area contributed by atoms with Crippen molar-refractivity contribution >= 4 is 47.0 Å². The Morgan fingerprint density at radius 3 is 2.85 bits per heavy atom. The minimum absolute atomic E-state index is 0. The van der Waals surface area contributed by atoms with Crippen molar-refractivity contribution in [2.75, 3.05) is 31.6 Å². The van der Waals surface area contributed by atoms with Gasteiger partial charge in [0.25, 0.3) is 0 Å². The fourth-order valence-corrected chi connectivity index (χ4v) is 2.46. The zero-order valence-electron chi connectivity index (χ0n) is 11.7. The number of nitrogens with zero attached hydrogens (tertiary/aromatic N) is 1. The van der Waals surface area contributed by atoms with Crippen LogP contribution in [-0.2, 0) is 0 Å². The van der Waals surface area contributed by atoms with E-state index in [-0.39, 0.29) is 30.6 Å². The van der Waals surface area contributed by atoms with Gasteiger partial charge >= 0.3 is 0 Å². The number of benzene rings is 1. The van der Waals surface area contributed by atoms with Crippen LogP contribution in [0, 0.1) is 0 Å². The molecule has 3 nitrogen and oxygen atoms in total. The third kappa shape index (κ3) is 4.53. The number of hydrogen-bond donors (Lipinski definition) is 2. The second-order valence-electron chi connectivity index (χ2n) is 4.87. The van der Waals surface area contributed by atoms with Gasteiger partial charge in [0.2, 0.25) is 0 Å². The van der Waals surface area contributed by atoms with Crippen molar-refractivity contribution in [3.8, 4) is 0 Å². The van der Waals surface area contributed by atoms with Crippen molar-refractivity contribution in [3.63, 3.8) is 0 Å². The lowest BCUT2D eigenvalue weighted by molar-refractivity contribution is 0.283. The van der Waals surface area contributed by atoms with Gasteiger partial charge < -0.3 is 15.3 Å². The van der Waals surface area contributed by atoms with Gasteiger partial charge in [-0.1, -0.05) is 11.6 Å². The standard InChI is InChI=1S/C15H21ClN2O.HI/c1-18-9-7-14(17-8-3-2-4-10-19)13-6-5-12(16)11-15(13)18;/h5-7,11,17,19H,2-4,8-10H2,1H3;1H. The molecular formula is C15H22ClIN2O. The van der Waals surface area contributed by atoms with Gasteiger partial charge in [-0.2, -0.15) is 0 Å². The molecular weight excluding hydrogens is 387 g/mol. The van der Waals surface area contributed by atoms with Gasteiger partial charge in [-0.3, -0.25) is 0 Å². The monoisotopic (exact) mass is 408 g/mol. The number of aliphatic hydroxyl groups excluding tert-OH is 1. The van der Waals surface area contributed by atoms with E-state index in [9.17, 15) is 0 Å². The van der Waals surface area contributed by atoms with E-state index in [1.165, 1.54) is 16.9 Å². The van der Waals surface area contributed by atoms with E-state index in [4.69, 9.17) is 16.7 Å². The molecule has 0 aromatic heterocycles. The number of hydrogen-bond acceptors (Lipinski definition) is 3. The van der Waals surface area contributed by atoms with Gasteiger partial charge in [0.15, 0.2) is 0 Å². The van der Waals surface area contributed by atoms with E-state index in [1.807, 2.05) is 12.1 Å². The summed E-state index contributed by atoms with van der Waals surface area (Å²) in [5, 5.41) is 13.0. The lowest BCUT2D eigenvalue weighted by Gasteiger charge is -2.28. The summed E-state index contributed by atoms with van der Waals surface area (Å²) in [5.74, 6) is 0. The van der Waals surface area contributed by atoms with E-state index in [0.29, 0.717) is 0 Å². The molecule has 0 fully saturated rings. The summed E-state index contributed by atoms with van der Waals surface area (Å²) in [6, 6.07) is 6.01. The lowest BCUT2D eigenvalue weighted by Crippen LogP contribution is -2.26. The Labute approximate surface area is 143 Å². The van der Waals surface area contributed by atoms with Crippen LogP contribution >= 0.6 is 35.6 Å². The maximum absolute atomic E-state index is 8.75. The molecule has 1 aromatic rings. The molecule has 0 aliphatic carbocycles. The van der Waals surface area contributed by atoms with Crippen molar-refractivity contribution in [1.82, 2.24) is 5.32 Å². The average molecular weight is 409 g/mol. The van der Waals surface area contributed by atoms with Crippen LogP contribution in [-0.4, -0.2) is 31.9 Å². The highest BCUT2D eigenvalue weighted by Gasteiger charge is 2.15. The molecule has 0 unspecified atom stereocenters. The molecule has 112 valence electrons. The number of fused-ring (bicyclic) bond motifs is 1. The normalized spacial score (nSPS) is 13.3. The Morgan fingerprint density at radius 2 is 2.10 bits per heavy atom. The summed E-state index contributed by atoms with van der Waals surface area (Å²) in [5.41, 5.74) is 3.57. The van der Waals surface area contributed by atoms with Crippen LogP contribution in [0.5, 0.6) is 0 Å². The molecule has 1 aromatic carbocycles. The fourth-order valence-electron chi connectivity index (χ4n) is 2.29. The lowest BCUT2D eigenvalue weighted by atomic mass is 10.0. The van der Waals surface area contributed by atoms with E-state index in [1.54, 1.807) is 0 Å². The van der Waals surface area contributed by atoms with E-state index in [0.717, 1.165) is 37.4 Å². The van der Waals surface area contributed by atoms with Gasteiger partial charge in [0.05, 0.1) is 0 Å². The number of rotatable bonds is 6. The summed E-state index contributed by atoms with van der Waals surface area (Å²) in [7, 11) is 2.07. The Morgan fingerprint density at radius 1 is 1.30 bits per heavy atom. The number of unbranched alkanes of at least 4 members (excludes halogenated alkanes) is 2. The number of likely N-dealkylation sites (N-methyl/N-ethyl adjacent to an activating group) is 1. The molecule has 5 heteroatoms. The Balaban J connectivity index is 0.00000200. The van der Waals surface area contributed by atoms with Crippen LogP contribution in [0.1, 0.15) is 24.8 Å². The van der Waals surface area contributed by atoms with Crippen LogP contribution in [0.2, 0.25) is 5.02 Å². The summed E-state index contributed by atoms with van der Waals surface area (Å²) in [4.78, 5) is 2.19. The minimum atomic E-state index is 0. The first-order chi connectivity index (χ1) is 9.22. The zero-order valence-corrected chi connectivity index (χ0v) is 14.8. The Bertz CT molecular complexity index is 465. The van der Waals surface area contributed by atoms with Crippen LogP contribution in [0.4, 0.5) is 5.69 Å². The predicted octanol–water partition coefficient (Wildman–Crippen LogP) is 3.50. The highest BCUT2D eigenvalue weighted by atomic mass is 127. The molecule has 0 radical (unpaired) electrons. The SMILES string of the molecule is CN1CC=C(NCCCCCO)c2ccc(Cl)cc21.I. The van der Waals surface area contributed by atoms with E-state index >= 15 is 0 Å². The number of aliphatic hydroxyl groups is 1. The molecule has 0 saturated heterocycles. The average Bonchev–Trinajstić information content (AvgIpc) is 2.41. The number of anilines is 1. The van der Waals surface area contributed by atoms with Gasteiger partial charge in [-0.25, -0.2) is 0 Å². The van der Waals surface area contributed by atoms with Crippen LogP contribution < -0.4 is 10.2 Å². The third-order valence-electron chi connectivity index (χ3n) is 3.38. The first-order valence-corrected chi connectivity index (χ1v) is 7.16. The molecule has 1 heterocycles. The molecule has 0 atom stereocenters. The summed E-state index contributed by atoms with van der Waals surface area (Å²) >= 11 is 6.06. The van der Waals surface area contributed by atoms with Crippen molar-refractivity contribution in [2.24, 2.45) is 0 Å². The van der Waals surface area contributed by atoms with Crippen molar-refractivity contribution in [2.45, 2.75) is 19.3 Å². The number of nitrogens with one attached hydrogen (secondary N) is 1. The molecule has 2 rings (SSSR count). The molecule has 0 bridgehead atoms. The third-order valence-corrected chi connectivity index (χ3v) is 3.62. The molecule has 1 aliphatic rings. The largest absolute Gasteiger partial charge is 0.396 e. The highest BCUT2D eigenvalue weighted by molar-refractivity contribution is 14.0. The predicted molar refractivity (Wildman–Crippen MR) is 97.1 cm³/mol. The second kappa shape index (κ2) is 8.74. The highest BCUT2D eigenvalue weighted by Crippen LogP contribution is 2.31. The van der Waals surface area contributed by atoms with Crippen molar-refractivity contribution < 1.29 is 5.11 Å². The zero-order chi connectivity index (χ0) is 13.7. The quantitative estimate of drug-likeness (QED) is 0.559. The Hall–Kier alpha value is -0.460. The molecule has 0 spiro atoms. The Kier molecular flexibility index (Phi) is 7.69. The smallest absolute Gasteiger partial charge is 0.0475 e. The first-order valence-electron chi connectivity index (χ1n) is 6.78. The minimum Gasteiger partial charge on any atom is -0.396 e. The summed E-state index contributed by atoms with van der Waals surface area (Å²) < 4.78 is 0. The maximum Gasteiger partial charge on any atom is 0.0475 e. The second-order valence-corrected chi connectivity index (χ2v) is 5.31. The van der Waals surface area contributed by atoms with Crippen LogP contribution in [0.15, 0.2) is 24.3 Å². The summed E-state index contributed by atoms with van der Waals surface area (Å²) in [6.45, 7) is 2.12. The van der Waals surface area contributed by atoms with E-state index < -0.39 is 0 Å². The van der Waals surface area contributed by atoms with Crippen LogP contribution in [0.25, 0.3) is 5.70 Å². The fraction of sp³-hybridized carbons (Fsp3) is 0.467. The van der Waals surface area contributed by atoms with Crippen molar-refractivity contribution in [3.05, 3.63) is 34.9 Å². The molecule has 0 saturated carbocycles. The van der Waals surface area contributed by atoms with Crippen molar-refractivity contribution in [1.29, 1.82) is 0 Å². The van der Waals surface area contributed by atoms with Gasteiger partial charge in [-0.15, -0.1) is 24.0 Å². The van der Waals surface area contributed by atoms with Gasteiger partial charge in [0, 0.05) is 48.7 Å². The topological polar surface area (TPSA) is 35.5 Å². The number of halogens is 2. The summed E-state index contributed by atoms with van der Waals surface area (Å²) in [6.07, 6.45) is 5.23. The van der Waals surface area contributed by atoms with Gasteiger partial charge in [-0.05, 0) is 43.5 Å². The van der Waals surface area contributed by atoms with E-state index in [2.05, 4.69) is 29.4 Å². The molecule has 0 amide bonds. The first kappa shape index (κ1) is 17.6. The molecule has 20 heavy (non-hydrogen) atoms. The maximum atomic E-state index is 8.75. The van der Waals surface area contributed by atoms with Gasteiger partial charge in [0.1, 0.15) is 0 Å². The van der Waals surface area contributed by atoms with Crippen LogP contribution in [0.3, 0.4) is 0 Å². The molecule has 1 aliphatic heterocycles. The molecule has 2 N–H and O–H groups in total.